The van der Waals surface area contributed by atoms with Crippen molar-refractivity contribution in [3.8, 4) is 12.0 Å². The number of piperazine rings is 1. The molecule has 1 saturated heterocycles. The second-order valence-electron chi connectivity index (χ2n) is 3.96. The number of Topliss-reactive ketones (excluding diaryl/α,β-unsaturated/α-hetero) is 1. The zero-order valence-electron chi connectivity index (χ0n) is 9.36. The quantitative estimate of drug-likeness (QED) is 0.547. The third kappa shape index (κ3) is 2.65. The van der Waals surface area contributed by atoms with Crippen molar-refractivity contribution in [3.05, 3.63) is 24.0 Å². The van der Waals surface area contributed by atoms with Gasteiger partial charge in [-0.1, -0.05) is 0 Å². The van der Waals surface area contributed by atoms with E-state index in [1.165, 1.54) is 0 Å². The van der Waals surface area contributed by atoms with Crippen LogP contribution in [0.1, 0.15) is 10.4 Å². The van der Waals surface area contributed by atoms with E-state index in [1.807, 2.05) is 4.90 Å². The zero-order chi connectivity index (χ0) is 11.4. The molecule has 0 unspecified atom stereocenters. The average Bonchev–Trinajstić information content (AvgIpc) is 2.81. The summed E-state index contributed by atoms with van der Waals surface area (Å²) in [6, 6.07) is 4.66. The van der Waals surface area contributed by atoms with Gasteiger partial charge in [-0.2, -0.15) is 0 Å². The van der Waals surface area contributed by atoms with E-state index in [9.17, 15) is 4.79 Å². The Morgan fingerprint density at radius 2 is 2.12 bits per heavy atom. The molecule has 2 heterocycles. The Balaban J connectivity index is 1.92. The second kappa shape index (κ2) is 4.86. The number of aromatic nitrogens is 1. The van der Waals surface area contributed by atoms with E-state index < -0.39 is 0 Å². The van der Waals surface area contributed by atoms with Crippen LogP contribution in [0.3, 0.4) is 0 Å². The van der Waals surface area contributed by atoms with Crippen LogP contribution in [0.15, 0.2) is 18.5 Å². The number of carbonyl (C=O) groups excluding carboxylic acids is 1. The maximum atomic E-state index is 11.6. The van der Waals surface area contributed by atoms with E-state index in [1.54, 1.807) is 18.5 Å². The Hall–Kier alpha value is -1.73. The van der Waals surface area contributed by atoms with Crippen LogP contribution in [0.5, 0.6) is 0 Å². The molecule has 0 saturated carbocycles. The van der Waals surface area contributed by atoms with Gasteiger partial charge >= 0.3 is 0 Å². The molecule has 1 aliphatic rings. The molecular weight excluding hydrogens is 202 g/mol. The fourth-order valence-corrected chi connectivity index (χ4v) is 1.59. The average molecular weight is 217 g/mol. The van der Waals surface area contributed by atoms with Crippen molar-refractivity contribution in [3.63, 3.8) is 0 Å². The molecule has 4 nitrogen and oxygen atoms in total. The molecule has 1 aromatic heterocycles. The summed E-state index contributed by atoms with van der Waals surface area (Å²) >= 11 is 0. The van der Waals surface area contributed by atoms with E-state index in [2.05, 4.69) is 28.9 Å². The number of rotatable bonds is 1. The van der Waals surface area contributed by atoms with Gasteiger partial charge in [0.2, 0.25) is 5.78 Å². The summed E-state index contributed by atoms with van der Waals surface area (Å²) in [5, 5.41) is 0. The van der Waals surface area contributed by atoms with Gasteiger partial charge < -0.3 is 14.8 Å². The lowest BCUT2D eigenvalue weighted by molar-refractivity contribution is 0.105. The highest BCUT2D eigenvalue weighted by molar-refractivity contribution is 6.08. The van der Waals surface area contributed by atoms with Crippen LogP contribution in [-0.2, 0) is 0 Å². The summed E-state index contributed by atoms with van der Waals surface area (Å²) in [6.07, 6.45) is 3.39. The first-order chi connectivity index (χ1) is 7.75. The molecule has 84 valence electrons. The van der Waals surface area contributed by atoms with Crippen LogP contribution in [0.4, 0.5) is 0 Å². The minimum Gasteiger partial charge on any atom is -0.367 e. The first kappa shape index (κ1) is 10.8. The summed E-state index contributed by atoms with van der Waals surface area (Å²) < 4.78 is 0. The zero-order valence-corrected chi connectivity index (χ0v) is 9.36. The number of aromatic amines is 1. The lowest BCUT2D eigenvalue weighted by Crippen LogP contribution is -2.42. The van der Waals surface area contributed by atoms with E-state index in [0.29, 0.717) is 5.56 Å². The van der Waals surface area contributed by atoms with Crippen molar-refractivity contribution < 1.29 is 4.79 Å². The Morgan fingerprint density at radius 1 is 1.38 bits per heavy atom. The van der Waals surface area contributed by atoms with Gasteiger partial charge in [0.1, 0.15) is 0 Å². The van der Waals surface area contributed by atoms with Crippen LogP contribution in [0.25, 0.3) is 0 Å². The molecule has 0 spiro atoms. The molecule has 0 bridgehead atoms. The van der Waals surface area contributed by atoms with Crippen LogP contribution in [0.2, 0.25) is 0 Å². The Kier molecular flexibility index (Phi) is 3.28. The maximum Gasteiger partial charge on any atom is 0.239 e. The topological polar surface area (TPSA) is 39.3 Å². The Labute approximate surface area is 95.2 Å². The van der Waals surface area contributed by atoms with Gasteiger partial charge in [0, 0.05) is 50.2 Å². The van der Waals surface area contributed by atoms with Crippen molar-refractivity contribution in [1.29, 1.82) is 0 Å². The summed E-state index contributed by atoms with van der Waals surface area (Å²) in [7, 11) is 2.09. The summed E-state index contributed by atoms with van der Waals surface area (Å²) in [4.78, 5) is 18.7. The number of hydrogen-bond acceptors (Lipinski definition) is 3. The van der Waals surface area contributed by atoms with Crippen molar-refractivity contribution in [2.45, 2.75) is 0 Å². The number of nitrogens with zero attached hydrogens (tertiary/aromatic N) is 2. The largest absolute Gasteiger partial charge is 0.367 e. The van der Waals surface area contributed by atoms with Gasteiger partial charge in [0.15, 0.2) is 0 Å². The van der Waals surface area contributed by atoms with Gasteiger partial charge in [-0.3, -0.25) is 4.79 Å². The molecule has 0 aliphatic carbocycles. The monoisotopic (exact) mass is 217 g/mol. The molecule has 4 heteroatoms. The molecule has 0 radical (unpaired) electrons. The Bertz CT molecular complexity index is 405. The third-order valence-corrected chi connectivity index (χ3v) is 2.69. The number of carbonyl (C=O) groups is 1. The lowest BCUT2D eigenvalue weighted by Gasteiger charge is -2.29. The molecule has 0 atom stereocenters. The number of H-pyrrole nitrogens is 1. The molecule has 2 rings (SSSR count). The molecule has 1 aliphatic heterocycles. The lowest BCUT2D eigenvalue weighted by atomic mass is 10.2. The van der Waals surface area contributed by atoms with E-state index in [0.717, 1.165) is 26.2 Å². The highest BCUT2D eigenvalue weighted by atomic mass is 16.1. The van der Waals surface area contributed by atoms with Gasteiger partial charge in [-0.15, -0.1) is 0 Å². The molecule has 0 amide bonds. The summed E-state index contributed by atoms with van der Waals surface area (Å²) in [6.45, 7) is 3.83. The molecule has 1 aromatic rings. The molecule has 1 N–H and O–H groups in total. The molecular formula is C12H15N3O. The van der Waals surface area contributed by atoms with E-state index in [-0.39, 0.29) is 5.78 Å². The van der Waals surface area contributed by atoms with Crippen molar-refractivity contribution in [2.24, 2.45) is 0 Å². The molecule has 16 heavy (non-hydrogen) atoms. The van der Waals surface area contributed by atoms with Crippen LogP contribution < -0.4 is 0 Å². The van der Waals surface area contributed by atoms with Crippen LogP contribution in [-0.4, -0.2) is 53.8 Å². The highest BCUT2D eigenvalue weighted by Crippen LogP contribution is 1.99. The number of likely N-dealkylation sites (N-methyl/N-ethyl adjacent to an activating group) is 1. The fraction of sp³-hybridized carbons (Fsp3) is 0.417. The van der Waals surface area contributed by atoms with Crippen molar-refractivity contribution >= 4 is 5.78 Å². The number of hydrogen-bond donors (Lipinski definition) is 1. The standard InChI is InChI=1S/C12H15N3O/c1-14-6-8-15(9-7-14)5-3-12(16)11-2-4-13-10-11/h2,4,10,13H,6-9H2,1H3. The van der Waals surface area contributed by atoms with Gasteiger partial charge in [0.05, 0.1) is 0 Å². The first-order valence-corrected chi connectivity index (χ1v) is 5.38. The predicted molar refractivity (Wildman–Crippen MR) is 62.0 cm³/mol. The maximum absolute atomic E-state index is 11.6. The normalized spacial score (nSPS) is 16.7. The van der Waals surface area contributed by atoms with Gasteiger partial charge in [-0.25, -0.2) is 0 Å². The van der Waals surface area contributed by atoms with Crippen molar-refractivity contribution in [2.75, 3.05) is 33.2 Å². The van der Waals surface area contributed by atoms with Gasteiger partial charge in [-0.05, 0) is 19.0 Å². The summed E-state index contributed by atoms with van der Waals surface area (Å²) in [5.41, 5.74) is 0.627. The SMILES string of the molecule is CN1CCN(C#CC(=O)c2cc[nH]c2)CC1. The highest BCUT2D eigenvalue weighted by Gasteiger charge is 2.10. The molecule has 1 fully saturated rings. The fourth-order valence-electron chi connectivity index (χ4n) is 1.59. The number of ketones is 1. The summed E-state index contributed by atoms with van der Waals surface area (Å²) in [5.74, 6) is 2.54. The Morgan fingerprint density at radius 3 is 2.75 bits per heavy atom. The predicted octanol–water partition coefficient (Wildman–Crippen LogP) is 0.406. The number of nitrogens with one attached hydrogen (secondary N) is 1. The van der Waals surface area contributed by atoms with Crippen molar-refractivity contribution in [1.82, 2.24) is 14.8 Å². The molecule has 0 aromatic carbocycles. The van der Waals surface area contributed by atoms with E-state index >= 15 is 0 Å². The van der Waals surface area contributed by atoms with Gasteiger partial charge in [0.25, 0.3) is 0 Å². The van der Waals surface area contributed by atoms with Crippen LogP contribution >= 0.6 is 0 Å². The second-order valence-corrected chi connectivity index (χ2v) is 3.96. The minimum atomic E-state index is -0.125. The third-order valence-electron chi connectivity index (χ3n) is 2.69. The van der Waals surface area contributed by atoms with E-state index in [4.69, 9.17) is 0 Å². The first-order valence-electron chi connectivity index (χ1n) is 5.38. The smallest absolute Gasteiger partial charge is 0.239 e. The van der Waals surface area contributed by atoms with Crippen LogP contribution in [0, 0.1) is 12.0 Å². The minimum absolute atomic E-state index is 0.125.